The lowest BCUT2D eigenvalue weighted by Gasteiger charge is -2.14. The smallest absolute Gasteiger partial charge is 0.162 e. The third-order valence-corrected chi connectivity index (χ3v) is 4.34. The van der Waals surface area contributed by atoms with E-state index in [0.717, 1.165) is 30.0 Å². The van der Waals surface area contributed by atoms with E-state index in [-0.39, 0.29) is 0 Å². The lowest BCUT2D eigenvalue weighted by molar-refractivity contribution is 0.310. The summed E-state index contributed by atoms with van der Waals surface area (Å²) in [6, 6.07) is 9.66. The highest BCUT2D eigenvalue weighted by Crippen LogP contribution is 2.33. The summed E-state index contributed by atoms with van der Waals surface area (Å²) < 4.78 is 21.5. The van der Waals surface area contributed by atoms with E-state index >= 15 is 0 Å². The Morgan fingerprint density at radius 1 is 0.885 bits per heavy atom. The molecule has 6 heteroatoms. The molecule has 0 aliphatic heterocycles. The Bertz CT molecular complexity index is 721. The van der Waals surface area contributed by atoms with Crippen molar-refractivity contribution >= 4 is 11.6 Å². The molecule has 0 radical (unpaired) electrons. The van der Waals surface area contributed by atoms with Crippen LogP contribution in [0.1, 0.15) is 18.1 Å². The highest BCUT2D eigenvalue weighted by molar-refractivity contribution is 6.31. The van der Waals surface area contributed by atoms with E-state index in [1.165, 1.54) is 5.56 Å². The van der Waals surface area contributed by atoms with Crippen LogP contribution in [0.5, 0.6) is 23.0 Å². The quantitative estimate of drug-likeness (QED) is 0.630. The number of hydrogen-bond acceptors (Lipinski definition) is 5. The Morgan fingerprint density at radius 3 is 2.23 bits per heavy atom. The van der Waals surface area contributed by atoms with E-state index in [9.17, 15) is 0 Å². The van der Waals surface area contributed by atoms with Gasteiger partial charge in [-0.15, -0.1) is 0 Å². The van der Waals surface area contributed by atoms with E-state index in [1.54, 1.807) is 27.4 Å². The zero-order valence-electron chi connectivity index (χ0n) is 15.7. The van der Waals surface area contributed by atoms with E-state index in [1.807, 2.05) is 31.2 Å². The monoisotopic (exact) mass is 379 g/mol. The van der Waals surface area contributed by atoms with Gasteiger partial charge in [0.05, 0.1) is 27.9 Å². The zero-order valence-corrected chi connectivity index (χ0v) is 16.5. The maximum atomic E-state index is 6.36. The molecule has 0 unspecified atom stereocenters. The number of halogens is 1. The zero-order chi connectivity index (χ0) is 18.9. The van der Waals surface area contributed by atoms with Crippen molar-refractivity contribution in [1.29, 1.82) is 0 Å². The van der Waals surface area contributed by atoms with Gasteiger partial charge in [0.1, 0.15) is 0 Å². The van der Waals surface area contributed by atoms with Crippen molar-refractivity contribution in [2.45, 2.75) is 19.9 Å². The summed E-state index contributed by atoms with van der Waals surface area (Å²) in [5.74, 6) is 2.82. The number of hydrogen-bond donors (Lipinski definition) is 1. The fraction of sp³-hybridized carbons (Fsp3) is 0.400. The minimum Gasteiger partial charge on any atom is -0.493 e. The Labute approximate surface area is 160 Å². The van der Waals surface area contributed by atoms with Crippen molar-refractivity contribution in [3.05, 3.63) is 46.5 Å². The molecule has 0 fully saturated rings. The van der Waals surface area contributed by atoms with Gasteiger partial charge in [-0.1, -0.05) is 17.7 Å². The molecule has 0 saturated carbocycles. The Balaban J connectivity index is 1.93. The number of ether oxygens (including phenoxy) is 4. The Hall–Kier alpha value is -2.11. The standard InChI is InChI=1S/C20H26ClNO4/c1-5-26-20-12-16(21)15(11-19(20)25-4)13-22-9-8-14-6-7-17(23-2)18(10-14)24-3/h6-7,10-12,22H,5,8-9,13H2,1-4H3. The summed E-state index contributed by atoms with van der Waals surface area (Å²) in [6.45, 7) is 3.95. The molecule has 1 N–H and O–H groups in total. The van der Waals surface area contributed by atoms with Crippen LogP contribution in [0.4, 0.5) is 0 Å². The third-order valence-electron chi connectivity index (χ3n) is 3.99. The second-order valence-electron chi connectivity index (χ2n) is 5.64. The third kappa shape index (κ3) is 5.19. The number of benzene rings is 2. The molecule has 0 spiro atoms. The van der Waals surface area contributed by atoms with Gasteiger partial charge in [-0.05, 0) is 49.2 Å². The molecule has 0 saturated heterocycles. The fourth-order valence-electron chi connectivity index (χ4n) is 2.63. The molecule has 2 aromatic rings. The van der Waals surface area contributed by atoms with Crippen LogP contribution in [-0.2, 0) is 13.0 Å². The molecule has 0 atom stereocenters. The summed E-state index contributed by atoms with van der Waals surface area (Å²) in [4.78, 5) is 0. The Morgan fingerprint density at radius 2 is 1.58 bits per heavy atom. The van der Waals surface area contributed by atoms with Crippen LogP contribution in [0.3, 0.4) is 0 Å². The average molecular weight is 380 g/mol. The van der Waals surface area contributed by atoms with Crippen molar-refractivity contribution in [3.63, 3.8) is 0 Å². The van der Waals surface area contributed by atoms with Gasteiger partial charge in [0.2, 0.25) is 0 Å². The van der Waals surface area contributed by atoms with Crippen LogP contribution >= 0.6 is 11.6 Å². The largest absolute Gasteiger partial charge is 0.493 e. The predicted molar refractivity (Wildman–Crippen MR) is 104 cm³/mol. The minimum atomic E-state index is 0.565. The number of nitrogens with one attached hydrogen (secondary N) is 1. The van der Waals surface area contributed by atoms with Crippen LogP contribution in [0, 0.1) is 0 Å². The average Bonchev–Trinajstić information content (AvgIpc) is 2.66. The second kappa shape index (κ2) is 10.1. The molecule has 0 aliphatic rings. The summed E-state index contributed by atoms with van der Waals surface area (Å²) in [6.07, 6.45) is 0.867. The topological polar surface area (TPSA) is 49.0 Å². The molecule has 0 bridgehead atoms. The van der Waals surface area contributed by atoms with Crippen molar-refractivity contribution in [2.75, 3.05) is 34.5 Å². The molecular formula is C20H26ClNO4. The summed E-state index contributed by atoms with van der Waals surface area (Å²) in [5.41, 5.74) is 2.14. The molecule has 26 heavy (non-hydrogen) atoms. The fourth-order valence-corrected chi connectivity index (χ4v) is 2.85. The molecule has 142 valence electrons. The van der Waals surface area contributed by atoms with E-state index in [0.29, 0.717) is 29.7 Å². The van der Waals surface area contributed by atoms with Gasteiger partial charge in [0, 0.05) is 17.6 Å². The molecule has 0 amide bonds. The van der Waals surface area contributed by atoms with E-state index < -0.39 is 0 Å². The Kier molecular flexibility index (Phi) is 7.88. The first-order chi connectivity index (χ1) is 12.6. The van der Waals surface area contributed by atoms with Crippen molar-refractivity contribution in [3.8, 4) is 23.0 Å². The molecule has 5 nitrogen and oxygen atoms in total. The lowest BCUT2D eigenvalue weighted by atomic mass is 10.1. The minimum absolute atomic E-state index is 0.565. The van der Waals surface area contributed by atoms with Gasteiger partial charge in [0.15, 0.2) is 23.0 Å². The van der Waals surface area contributed by atoms with Crippen molar-refractivity contribution < 1.29 is 18.9 Å². The summed E-state index contributed by atoms with van der Waals surface area (Å²) >= 11 is 6.36. The maximum Gasteiger partial charge on any atom is 0.162 e. The predicted octanol–water partition coefficient (Wildman–Crippen LogP) is 4.10. The van der Waals surface area contributed by atoms with Gasteiger partial charge >= 0.3 is 0 Å². The van der Waals surface area contributed by atoms with Crippen LogP contribution in [0.15, 0.2) is 30.3 Å². The van der Waals surface area contributed by atoms with Crippen molar-refractivity contribution in [1.82, 2.24) is 5.32 Å². The second-order valence-corrected chi connectivity index (χ2v) is 6.05. The first-order valence-electron chi connectivity index (χ1n) is 8.53. The lowest BCUT2D eigenvalue weighted by Crippen LogP contribution is -2.17. The highest BCUT2D eigenvalue weighted by Gasteiger charge is 2.10. The number of methoxy groups -OCH3 is 3. The van der Waals surface area contributed by atoms with E-state index in [2.05, 4.69) is 5.32 Å². The first-order valence-corrected chi connectivity index (χ1v) is 8.91. The molecule has 0 aromatic heterocycles. The molecule has 2 rings (SSSR count). The molecule has 0 aliphatic carbocycles. The van der Waals surface area contributed by atoms with Crippen molar-refractivity contribution in [2.24, 2.45) is 0 Å². The van der Waals surface area contributed by atoms with Crippen LogP contribution in [-0.4, -0.2) is 34.5 Å². The number of rotatable bonds is 10. The van der Waals surface area contributed by atoms with Gasteiger partial charge < -0.3 is 24.3 Å². The van der Waals surface area contributed by atoms with Crippen LogP contribution in [0.2, 0.25) is 5.02 Å². The molecule has 2 aromatic carbocycles. The van der Waals surface area contributed by atoms with Crippen LogP contribution < -0.4 is 24.3 Å². The van der Waals surface area contributed by atoms with Gasteiger partial charge in [-0.2, -0.15) is 0 Å². The van der Waals surface area contributed by atoms with Gasteiger partial charge in [-0.3, -0.25) is 0 Å². The summed E-state index contributed by atoms with van der Waals surface area (Å²) in [7, 11) is 4.90. The molecular weight excluding hydrogens is 354 g/mol. The van der Waals surface area contributed by atoms with Crippen LogP contribution in [0.25, 0.3) is 0 Å². The first kappa shape index (κ1) is 20.2. The highest BCUT2D eigenvalue weighted by atomic mass is 35.5. The van der Waals surface area contributed by atoms with Gasteiger partial charge in [-0.25, -0.2) is 0 Å². The normalized spacial score (nSPS) is 10.5. The van der Waals surface area contributed by atoms with E-state index in [4.69, 9.17) is 30.5 Å². The maximum absolute atomic E-state index is 6.36. The molecule has 0 heterocycles. The SMILES string of the molecule is CCOc1cc(Cl)c(CNCCc2ccc(OC)c(OC)c2)cc1OC. The summed E-state index contributed by atoms with van der Waals surface area (Å²) in [5, 5.41) is 4.07. The van der Waals surface area contributed by atoms with Gasteiger partial charge in [0.25, 0.3) is 0 Å².